The molecule has 29 heavy (non-hydrogen) atoms. The number of aliphatic carboxylic acids is 1. The zero-order chi connectivity index (χ0) is 23.7. The fourth-order valence-electron chi connectivity index (χ4n) is 1.19. The van der Waals surface area contributed by atoms with Gasteiger partial charge in [-0.15, -0.1) is 13.2 Å². The predicted molar refractivity (Wildman–Crippen MR) is 60.1 cm³/mol. The summed E-state index contributed by atoms with van der Waals surface area (Å²) in [5.74, 6) is -1.91. The maximum Gasteiger partial charge on any atom is 0.527 e. The molecule has 1 N–H and O–H groups in total. The molecule has 0 spiro atoms. The maximum atomic E-state index is 13.1. The lowest BCUT2D eigenvalue weighted by Crippen LogP contribution is -2.57. The summed E-state index contributed by atoms with van der Waals surface area (Å²) in [5, 5.41) is 8.31. The second-order valence-electron chi connectivity index (χ2n) is 4.87. The van der Waals surface area contributed by atoms with Crippen LogP contribution in [-0.4, -0.2) is 48.0 Å². The molecule has 0 saturated carbocycles. The van der Waals surface area contributed by atoms with E-state index in [1.54, 1.807) is 4.74 Å². The van der Waals surface area contributed by atoms with Crippen molar-refractivity contribution in [2.45, 2.75) is 49.7 Å². The highest BCUT2D eigenvalue weighted by molar-refractivity contribution is 5.85. The monoisotopic (exact) mass is 466 g/mol. The summed E-state index contributed by atoms with van der Waals surface area (Å²) in [7, 11) is 0. The third kappa shape index (κ3) is 7.84. The molecule has 0 heterocycles. The molecule has 18 heteroatoms. The van der Waals surface area contributed by atoms with Crippen LogP contribution in [0, 0.1) is 0 Å². The van der Waals surface area contributed by atoms with Gasteiger partial charge in [0.05, 0.1) is 0 Å². The van der Waals surface area contributed by atoms with Crippen LogP contribution in [-0.2, 0) is 19.0 Å². The number of hydrogen-bond acceptors (Lipinski definition) is 4. The summed E-state index contributed by atoms with van der Waals surface area (Å²) in [4.78, 5) is 10.3. The SMILES string of the molecule is C=C(CCC(F)(F)OC(F)(F)C(F)(F)OC(F)(F)C(F)(F)OC(F)(F)F)C(=O)O. The quantitative estimate of drug-likeness (QED) is 0.345. The fourth-order valence-corrected chi connectivity index (χ4v) is 1.19. The van der Waals surface area contributed by atoms with Crippen LogP contribution in [0.5, 0.6) is 0 Å². The third-order valence-electron chi connectivity index (χ3n) is 2.48. The van der Waals surface area contributed by atoms with Gasteiger partial charge in [-0.25, -0.2) is 19.0 Å². The van der Waals surface area contributed by atoms with E-state index in [0.29, 0.717) is 0 Å². The van der Waals surface area contributed by atoms with Crippen LogP contribution in [0.15, 0.2) is 12.2 Å². The summed E-state index contributed by atoms with van der Waals surface area (Å²) in [6, 6.07) is 0. The highest BCUT2D eigenvalue weighted by atomic mass is 19.4. The summed E-state index contributed by atoms with van der Waals surface area (Å²) < 4.78 is 169. The molecule has 0 radical (unpaired) electrons. The molecule has 0 unspecified atom stereocenters. The first-order chi connectivity index (χ1) is 12.4. The normalized spacial score (nSPS) is 14.8. The van der Waals surface area contributed by atoms with E-state index >= 15 is 0 Å². The van der Waals surface area contributed by atoms with E-state index in [1.165, 1.54) is 4.74 Å². The molecule has 0 bridgehead atoms. The average molecular weight is 466 g/mol. The molecule has 0 aromatic carbocycles. The Balaban J connectivity index is 5.43. The number of halogens is 13. The largest absolute Gasteiger partial charge is 0.527 e. The predicted octanol–water partition coefficient (Wildman–Crippen LogP) is 4.94. The minimum atomic E-state index is -7.12. The standard InChI is InChI=1S/C11H7F13O5/c1-4(5(25)26)2-3-6(12,13)27-7(14,15)8(16,17)28-9(18,19)10(20,21)29-11(22,23)24/h1-3H2,(H,25,26). The van der Waals surface area contributed by atoms with Crippen LogP contribution >= 0.6 is 0 Å². The first-order valence-corrected chi connectivity index (χ1v) is 6.42. The van der Waals surface area contributed by atoms with Gasteiger partial charge < -0.3 is 5.11 Å². The van der Waals surface area contributed by atoms with Crippen LogP contribution in [0.3, 0.4) is 0 Å². The van der Waals surface area contributed by atoms with Gasteiger partial charge in [0.15, 0.2) is 0 Å². The summed E-state index contributed by atoms with van der Waals surface area (Å²) in [6.45, 7) is 2.67. The summed E-state index contributed by atoms with van der Waals surface area (Å²) >= 11 is 0. The average Bonchev–Trinajstić information content (AvgIpc) is 2.39. The van der Waals surface area contributed by atoms with Crippen molar-refractivity contribution in [3.05, 3.63) is 12.2 Å². The van der Waals surface area contributed by atoms with Crippen molar-refractivity contribution in [3.8, 4) is 0 Å². The Morgan fingerprint density at radius 2 is 1.03 bits per heavy atom. The topological polar surface area (TPSA) is 65.0 Å². The summed E-state index contributed by atoms with van der Waals surface area (Å²) in [6.07, 6.45) is -43.4. The van der Waals surface area contributed by atoms with E-state index in [1.807, 2.05) is 0 Å². The van der Waals surface area contributed by atoms with Crippen molar-refractivity contribution in [1.82, 2.24) is 0 Å². The Hall–Kier alpha value is -1.82. The molecule has 0 aliphatic rings. The van der Waals surface area contributed by atoms with Crippen LogP contribution in [0.25, 0.3) is 0 Å². The Labute approximate surface area is 150 Å². The van der Waals surface area contributed by atoms with Crippen molar-refractivity contribution in [3.63, 3.8) is 0 Å². The van der Waals surface area contributed by atoms with Gasteiger partial charge in [0.2, 0.25) is 0 Å². The highest BCUT2D eigenvalue weighted by Crippen LogP contribution is 2.49. The van der Waals surface area contributed by atoms with E-state index in [9.17, 15) is 61.9 Å². The number of hydrogen-bond donors (Lipinski definition) is 1. The minimum absolute atomic E-state index is 1.05. The first kappa shape index (κ1) is 27.2. The molecule has 0 rings (SSSR count). The fraction of sp³-hybridized carbons (Fsp3) is 0.727. The molecule has 5 nitrogen and oxygen atoms in total. The number of rotatable bonds is 11. The number of carboxylic acids is 1. The highest BCUT2D eigenvalue weighted by Gasteiger charge is 2.74. The van der Waals surface area contributed by atoms with Gasteiger partial charge in [-0.2, -0.15) is 43.9 Å². The number of carbonyl (C=O) groups is 1. The smallest absolute Gasteiger partial charge is 0.478 e. The van der Waals surface area contributed by atoms with Crippen LogP contribution in [0.1, 0.15) is 12.8 Å². The van der Waals surface area contributed by atoms with Gasteiger partial charge in [-0.1, -0.05) is 6.58 Å². The Morgan fingerprint density at radius 3 is 1.38 bits per heavy atom. The minimum Gasteiger partial charge on any atom is -0.478 e. The lowest BCUT2D eigenvalue weighted by Gasteiger charge is -2.33. The molecule has 0 aromatic rings. The first-order valence-electron chi connectivity index (χ1n) is 6.42. The van der Waals surface area contributed by atoms with Crippen LogP contribution in [0.4, 0.5) is 57.1 Å². The lowest BCUT2D eigenvalue weighted by atomic mass is 10.1. The molecule has 172 valence electrons. The van der Waals surface area contributed by atoms with Crippen molar-refractivity contribution >= 4 is 5.97 Å². The Morgan fingerprint density at radius 1 is 0.690 bits per heavy atom. The molecular weight excluding hydrogens is 459 g/mol. The van der Waals surface area contributed by atoms with Gasteiger partial charge in [-0.05, 0) is 6.42 Å². The summed E-state index contributed by atoms with van der Waals surface area (Å²) in [5.41, 5.74) is -1.05. The molecule has 0 aliphatic carbocycles. The molecule has 0 fully saturated rings. The van der Waals surface area contributed by atoms with E-state index in [2.05, 4.69) is 11.3 Å². The van der Waals surface area contributed by atoms with Gasteiger partial charge in [0, 0.05) is 12.0 Å². The van der Waals surface area contributed by atoms with Crippen LogP contribution in [0.2, 0.25) is 0 Å². The maximum absolute atomic E-state index is 13.1. The molecule has 0 atom stereocenters. The van der Waals surface area contributed by atoms with Gasteiger partial charge in [-0.3, -0.25) is 0 Å². The number of carboxylic acid groups (broad SMARTS) is 1. The zero-order valence-electron chi connectivity index (χ0n) is 13.1. The van der Waals surface area contributed by atoms with Crippen molar-refractivity contribution < 1.29 is 81.2 Å². The zero-order valence-corrected chi connectivity index (χ0v) is 13.1. The second kappa shape index (κ2) is 8.13. The van der Waals surface area contributed by atoms with E-state index in [-0.39, 0.29) is 0 Å². The van der Waals surface area contributed by atoms with Crippen molar-refractivity contribution in [1.29, 1.82) is 0 Å². The van der Waals surface area contributed by atoms with E-state index in [4.69, 9.17) is 5.11 Å². The number of alkyl halides is 13. The van der Waals surface area contributed by atoms with E-state index < -0.39 is 61.3 Å². The second-order valence-corrected chi connectivity index (χ2v) is 4.87. The molecule has 0 saturated heterocycles. The van der Waals surface area contributed by atoms with Gasteiger partial charge in [0.1, 0.15) is 0 Å². The van der Waals surface area contributed by atoms with Crippen molar-refractivity contribution in [2.24, 2.45) is 0 Å². The molecular formula is C11H7F13O5. The number of ether oxygens (including phenoxy) is 3. The van der Waals surface area contributed by atoms with Crippen LogP contribution < -0.4 is 0 Å². The Kier molecular flexibility index (Phi) is 7.62. The van der Waals surface area contributed by atoms with Crippen molar-refractivity contribution in [2.75, 3.05) is 0 Å². The molecule has 0 aromatic heterocycles. The lowest BCUT2D eigenvalue weighted by molar-refractivity contribution is -0.564. The van der Waals surface area contributed by atoms with E-state index in [0.717, 1.165) is 0 Å². The van der Waals surface area contributed by atoms with Gasteiger partial charge in [0.25, 0.3) is 0 Å². The third-order valence-corrected chi connectivity index (χ3v) is 2.48. The van der Waals surface area contributed by atoms with Gasteiger partial charge >= 0.3 is 42.9 Å². The molecule has 0 amide bonds. The Bertz CT molecular complexity index is 613. The molecule has 0 aliphatic heterocycles.